The van der Waals surface area contributed by atoms with Crippen LogP contribution in [0.5, 0.6) is 23.0 Å². The number of hydrogen-bond donors (Lipinski definition) is 5. The SMILES string of the molecule is COc1cc(C2c3cc4c(cc3[C@@H](NC(=O)NCCCCCCCCCNCCCN)[C@H]3COC(=O)[C@H]23)OCO4)cc(C)c1O. The van der Waals surface area contributed by atoms with Crippen LogP contribution in [-0.4, -0.2) is 63.8 Å². The maximum atomic E-state index is 13.3. The van der Waals surface area contributed by atoms with E-state index in [0.29, 0.717) is 29.4 Å². The van der Waals surface area contributed by atoms with E-state index < -0.39 is 17.9 Å². The highest BCUT2D eigenvalue weighted by molar-refractivity contribution is 5.80. The molecule has 246 valence electrons. The highest BCUT2D eigenvalue weighted by Gasteiger charge is 2.53. The maximum absolute atomic E-state index is 13.3. The monoisotopic (exact) mass is 624 g/mol. The highest BCUT2D eigenvalue weighted by Crippen LogP contribution is 2.55. The van der Waals surface area contributed by atoms with Crippen LogP contribution in [0.4, 0.5) is 4.79 Å². The molecule has 11 nitrogen and oxygen atoms in total. The first-order chi connectivity index (χ1) is 21.9. The number of cyclic esters (lactones) is 1. The average molecular weight is 625 g/mol. The summed E-state index contributed by atoms with van der Waals surface area (Å²) in [5, 5.41) is 20.1. The van der Waals surface area contributed by atoms with Crippen molar-refractivity contribution in [3.05, 3.63) is 46.5 Å². The van der Waals surface area contributed by atoms with Gasteiger partial charge in [0.05, 0.1) is 25.7 Å². The fraction of sp³-hybridized carbons (Fsp3) is 0.588. The van der Waals surface area contributed by atoms with Crippen molar-refractivity contribution in [1.29, 1.82) is 0 Å². The molecule has 4 atom stereocenters. The van der Waals surface area contributed by atoms with Gasteiger partial charge >= 0.3 is 12.0 Å². The molecule has 11 heteroatoms. The molecular weight excluding hydrogens is 576 g/mol. The van der Waals surface area contributed by atoms with Gasteiger partial charge in [0.15, 0.2) is 23.0 Å². The number of amides is 2. The lowest BCUT2D eigenvalue weighted by atomic mass is 9.65. The molecule has 1 unspecified atom stereocenters. The van der Waals surface area contributed by atoms with Crippen LogP contribution < -0.4 is 35.9 Å². The number of nitrogens with one attached hydrogen (secondary N) is 3. The fourth-order valence-corrected chi connectivity index (χ4v) is 6.86. The Hall–Kier alpha value is -3.70. The molecule has 1 saturated heterocycles. The molecule has 5 rings (SSSR count). The zero-order chi connectivity index (χ0) is 31.8. The summed E-state index contributed by atoms with van der Waals surface area (Å²) in [4.78, 5) is 26.5. The molecule has 2 aliphatic heterocycles. The summed E-state index contributed by atoms with van der Waals surface area (Å²) in [6, 6.07) is 6.73. The molecule has 0 radical (unpaired) electrons. The molecule has 0 bridgehead atoms. The second kappa shape index (κ2) is 15.5. The lowest BCUT2D eigenvalue weighted by Crippen LogP contribution is -2.46. The van der Waals surface area contributed by atoms with Gasteiger partial charge in [-0.25, -0.2) is 4.79 Å². The number of benzene rings is 2. The summed E-state index contributed by atoms with van der Waals surface area (Å²) in [6.45, 7) is 5.47. The Labute approximate surface area is 265 Å². The van der Waals surface area contributed by atoms with Crippen LogP contribution in [0.2, 0.25) is 0 Å². The number of carbonyl (C=O) groups excluding carboxylic acids is 2. The van der Waals surface area contributed by atoms with Crippen molar-refractivity contribution in [2.75, 3.05) is 46.7 Å². The van der Waals surface area contributed by atoms with Crippen molar-refractivity contribution in [2.45, 2.75) is 70.3 Å². The van der Waals surface area contributed by atoms with Gasteiger partial charge in [0.1, 0.15) is 0 Å². The van der Waals surface area contributed by atoms with E-state index in [-0.39, 0.29) is 37.1 Å². The summed E-state index contributed by atoms with van der Waals surface area (Å²) >= 11 is 0. The number of fused-ring (bicyclic) bond motifs is 3. The molecule has 1 fully saturated rings. The first-order valence-electron chi connectivity index (χ1n) is 16.4. The van der Waals surface area contributed by atoms with Crippen molar-refractivity contribution >= 4 is 12.0 Å². The van der Waals surface area contributed by atoms with Crippen LogP contribution in [0.3, 0.4) is 0 Å². The molecule has 45 heavy (non-hydrogen) atoms. The number of methoxy groups -OCH3 is 1. The molecule has 1 aliphatic carbocycles. The predicted octanol–water partition coefficient (Wildman–Crippen LogP) is 4.38. The van der Waals surface area contributed by atoms with Crippen molar-refractivity contribution < 1.29 is 33.6 Å². The van der Waals surface area contributed by atoms with Crippen LogP contribution in [-0.2, 0) is 9.53 Å². The minimum absolute atomic E-state index is 0.0620. The molecule has 2 aromatic carbocycles. The number of aromatic hydroxyl groups is 1. The molecule has 6 N–H and O–H groups in total. The number of unbranched alkanes of at least 4 members (excludes halogenated alkanes) is 6. The smallest absolute Gasteiger partial charge is 0.315 e. The fourth-order valence-electron chi connectivity index (χ4n) is 6.86. The molecule has 2 amide bonds. The molecule has 0 aromatic heterocycles. The van der Waals surface area contributed by atoms with Crippen molar-refractivity contribution in [2.24, 2.45) is 17.6 Å². The van der Waals surface area contributed by atoms with Gasteiger partial charge in [-0.05, 0) is 86.3 Å². The van der Waals surface area contributed by atoms with Gasteiger partial charge in [-0.2, -0.15) is 0 Å². The Kier molecular flexibility index (Phi) is 11.3. The average Bonchev–Trinajstić information content (AvgIpc) is 3.66. The Morgan fingerprint density at radius 3 is 2.31 bits per heavy atom. The number of rotatable bonds is 16. The zero-order valence-corrected chi connectivity index (χ0v) is 26.5. The van der Waals surface area contributed by atoms with E-state index in [1.807, 2.05) is 18.2 Å². The number of carbonyl (C=O) groups is 2. The van der Waals surface area contributed by atoms with Crippen LogP contribution >= 0.6 is 0 Å². The van der Waals surface area contributed by atoms with Gasteiger partial charge in [0, 0.05) is 18.4 Å². The van der Waals surface area contributed by atoms with Crippen LogP contribution in [0, 0.1) is 18.8 Å². The molecule has 0 saturated carbocycles. The third-order valence-corrected chi connectivity index (χ3v) is 9.21. The number of urea groups is 1. The molecule has 3 aliphatic rings. The Balaban J connectivity index is 1.22. The summed E-state index contributed by atoms with van der Waals surface area (Å²) in [6.07, 6.45) is 9.01. The lowest BCUT2D eigenvalue weighted by molar-refractivity contribution is -0.141. The number of hydrogen-bond acceptors (Lipinski definition) is 9. The molecular formula is C34H48N4O7. The van der Waals surface area contributed by atoms with Gasteiger partial charge in [0.2, 0.25) is 6.79 Å². The van der Waals surface area contributed by atoms with Gasteiger partial charge in [-0.1, -0.05) is 38.2 Å². The highest BCUT2D eigenvalue weighted by atomic mass is 16.7. The Morgan fingerprint density at radius 2 is 1.60 bits per heavy atom. The second-order valence-corrected chi connectivity index (χ2v) is 12.3. The second-order valence-electron chi connectivity index (χ2n) is 12.3. The normalized spacial score (nSPS) is 21.2. The minimum Gasteiger partial charge on any atom is -0.504 e. The van der Waals surface area contributed by atoms with E-state index in [1.165, 1.54) is 32.8 Å². The summed E-state index contributed by atoms with van der Waals surface area (Å²) in [5.74, 6) is 0.0484. The summed E-state index contributed by atoms with van der Waals surface area (Å²) in [5.41, 5.74) is 8.68. The zero-order valence-electron chi connectivity index (χ0n) is 26.5. The lowest BCUT2D eigenvalue weighted by Gasteiger charge is -2.39. The van der Waals surface area contributed by atoms with Gasteiger partial charge in [-0.15, -0.1) is 0 Å². The maximum Gasteiger partial charge on any atom is 0.315 e. The quantitative estimate of drug-likeness (QED) is 0.135. The largest absolute Gasteiger partial charge is 0.504 e. The van der Waals surface area contributed by atoms with E-state index in [2.05, 4.69) is 16.0 Å². The number of esters is 1. The number of aryl methyl sites for hydroxylation is 1. The van der Waals surface area contributed by atoms with E-state index in [9.17, 15) is 14.7 Å². The number of phenols is 1. The Bertz CT molecular complexity index is 1340. The van der Waals surface area contributed by atoms with Gasteiger partial charge in [0.25, 0.3) is 0 Å². The first-order valence-corrected chi connectivity index (χ1v) is 16.4. The van der Waals surface area contributed by atoms with Gasteiger partial charge in [-0.3, -0.25) is 4.79 Å². The summed E-state index contributed by atoms with van der Waals surface area (Å²) in [7, 11) is 1.50. The van der Waals surface area contributed by atoms with Crippen molar-refractivity contribution in [3.8, 4) is 23.0 Å². The number of ether oxygens (including phenoxy) is 4. The van der Waals surface area contributed by atoms with Crippen molar-refractivity contribution in [3.63, 3.8) is 0 Å². The topological polar surface area (TPSA) is 153 Å². The van der Waals surface area contributed by atoms with Crippen LogP contribution in [0.1, 0.15) is 85.6 Å². The van der Waals surface area contributed by atoms with E-state index in [1.54, 1.807) is 13.0 Å². The van der Waals surface area contributed by atoms with Crippen molar-refractivity contribution in [1.82, 2.24) is 16.0 Å². The molecule has 2 heterocycles. The molecule has 2 aromatic rings. The van der Waals surface area contributed by atoms with Crippen LogP contribution in [0.25, 0.3) is 0 Å². The standard InChI is InChI=1S/C34H48N4O7/c1-21-15-22(16-28(42-2)32(21)39)29-23-17-26-27(45-20-44-26)18-24(23)31(25-19-43-33(40)30(25)29)38-34(41)37-14-9-7-5-3-4-6-8-12-36-13-10-11-35/h15-18,25,29-31,36,39H,3-14,19-20,35H2,1-2H3,(H2,37,38,41)/t25-,29?,30-,31+/m0/s1. The first kappa shape index (κ1) is 32.7. The third-order valence-electron chi connectivity index (χ3n) is 9.21. The number of nitrogens with two attached hydrogens (primary N) is 1. The van der Waals surface area contributed by atoms with Gasteiger partial charge < -0.3 is 45.7 Å². The number of phenolic OH excluding ortho intramolecular Hbond substituents is 1. The van der Waals surface area contributed by atoms with E-state index in [4.69, 9.17) is 24.7 Å². The summed E-state index contributed by atoms with van der Waals surface area (Å²) < 4.78 is 22.5. The third kappa shape index (κ3) is 7.58. The van der Waals surface area contributed by atoms with E-state index >= 15 is 0 Å². The molecule has 0 spiro atoms. The minimum atomic E-state index is -0.543. The van der Waals surface area contributed by atoms with E-state index in [0.717, 1.165) is 62.0 Å². The van der Waals surface area contributed by atoms with Crippen LogP contribution in [0.15, 0.2) is 24.3 Å². The Morgan fingerprint density at radius 1 is 0.933 bits per heavy atom. The predicted molar refractivity (Wildman–Crippen MR) is 170 cm³/mol.